The number of anilines is 2. The van der Waals surface area contributed by atoms with Gasteiger partial charge >= 0.3 is 0 Å². The van der Waals surface area contributed by atoms with Crippen LogP contribution in [0.1, 0.15) is 23.4 Å². The molecule has 1 N–H and O–H groups in total. The van der Waals surface area contributed by atoms with Crippen LogP contribution >= 0.6 is 11.8 Å². The molecular weight excluding hydrogens is 410 g/mol. The average molecular weight is 440 g/mol. The molecule has 1 aliphatic heterocycles. The van der Waals surface area contributed by atoms with E-state index >= 15 is 0 Å². The zero-order valence-electron chi connectivity index (χ0n) is 18.6. The van der Waals surface area contributed by atoms with Crippen LogP contribution < -0.4 is 10.2 Å². The molecule has 9 heteroatoms. The number of hydrogen-bond acceptors (Lipinski definition) is 7. The number of nitrogens with one attached hydrogen (secondary N) is 1. The summed E-state index contributed by atoms with van der Waals surface area (Å²) in [5.41, 5.74) is 4.90. The van der Waals surface area contributed by atoms with Gasteiger partial charge in [0, 0.05) is 44.0 Å². The highest BCUT2D eigenvalue weighted by atomic mass is 32.2. The van der Waals surface area contributed by atoms with E-state index in [1.165, 1.54) is 11.8 Å². The number of likely N-dealkylation sites (N-methyl/N-ethyl adjacent to an activating group) is 1. The molecule has 8 nitrogen and oxygen atoms in total. The molecule has 1 fully saturated rings. The number of aryl methyl sites for hydroxylation is 2. The smallest absolute Gasteiger partial charge is 0.253 e. The molecule has 2 aromatic heterocycles. The van der Waals surface area contributed by atoms with Crippen LogP contribution in [-0.2, 0) is 11.2 Å². The Kier molecular flexibility index (Phi) is 6.43. The van der Waals surface area contributed by atoms with Gasteiger partial charge in [0.2, 0.25) is 11.1 Å². The topological polar surface area (TPSA) is 78.7 Å². The van der Waals surface area contributed by atoms with E-state index in [0.29, 0.717) is 23.8 Å². The van der Waals surface area contributed by atoms with Crippen LogP contribution in [0.15, 0.2) is 29.4 Å². The second kappa shape index (κ2) is 9.23. The van der Waals surface area contributed by atoms with Crippen LogP contribution in [0.2, 0.25) is 0 Å². The van der Waals surface area contributed by atoms with Crippen molar-refractivity contribution in [3.8, 4) is 0 Å². The van der Waals surface area contributed by atoms with Crippen molar-refractivity contribution in [2.75, 3.05) is 49.7 Å². The number of thioether (sulfide) groups is 1. The first kappa shape index (κ1) is 21.6. The Morgan fingerprint density at radius 3 is 2.61 bits per heavy atom. The largest absolute Gasteiger partial charge is 0.367 e. The Morgan fingerprint density at radius 2 is 1.87 bits per heavy atom. The molecule has 0 radical (unpaired) electrons. The van der Waals surface area contributed by atoms with E-state index in [1.54, 1.807) is 4.52 Å². The number of carbonyl (C=O) groups is 1. The lowest BCUT2D eigenvalue weighted by Gasteiger charge is -2.35. The van der Waals surface area contributed by atoms with Crippen LogP contribution in [0, 0.1) is 13.8 Å². The predicted molar refractivity (Wildman–Crippen MR) is 125 cm³/mol. The molecule has 31 heavy (non-hydrogen) atoms. The zero-order valence-corrected chi connectivity index (χ0v) is 19.4. The number of amides is 1. The van der Waals surface area contributed by atoms with Gasteiger partial charge in [0.1, 0.15) is 0 Å². The lowest BCUT2D eigenvalue weighted by molar-refractivity contribution is -0.116. The third kappa shape index (κ3) is 4.67. The summed E-state index contributed by atoms with van der Waals surface area (Å²) in [6.45, 7) is 7.95. The van der Waals surface area contributed by atoms with Crippen LogP contribution in [0.25, 0.3) is 5.78 Å². The minimum atomic E-state index is 0.00358. The minimum absolute atomic E-state index is 0.00358. The predicted octanol–water partition coefficient (Wildman–Crippen LogP) is 2.79. The number of fused-ring (bicyclic) bond motifs is 1. The second-order valence-electron chi connectivity index (χ2n) is 7.93. The molecule has 4 rings (SSSR count). The number of rotatable bonds is 6. The number of hydrogen-bond donors (Lipinski definition) is 1. The van der Waals surface area contributed by atoms with Gasteiger partial charge < -0.3 is 15.1 Å². The van der Waals surface area contributed by atoms with Gasteiger partial charge in [-0.3, -0.25) is 4.79 Å². The summed E-state index contributed by atoms with van der Waals surface area (Å²) < 4.78 is 1.77. The van der Waals surface area contributed by atoms with Gasteiger partial charge in [-0.1, -0.05) is 23.9 Å². The molecule has 0 unspecified atom stereocenters. The van der Waals surface area contributed by atoms with Crippen molar-refractivity contribution >= 4 is 34.8 Å². The number of nitrogens with zero attached hydrogens (tertiary/aromatic N) is 6. The molecule has 1 aliphatic rings. The number of aromatic nitrogens is 4. The van der Waals surface area contributed by atoms with E-state index in [9.17, 15) is 4.79 Å². The maximum absolute atomic E-state index is 12.8. The van der Waals surface area contributed by atoms with Crippen molar-refractivity contribution in [1.29, 1.82) is 0 Å². The van der Waals surface area contributed by atoms with Crippen LogP contribution in [0.5, 0.6) is 0 Å². The van der Waals surface area contributed by atoms with Crippen molar-refractivity contribution in [3.63, 3.8) is 0 Å². The molecule has 0 aliphatic carbocycles. The molecule has 3 aromatic rings. The highest BCUT2D eigenvalue weighted by Crippen LogP contribution is 2.27. The number of para-hydroxylation sites is 2. The van der Waals surface area contributed by atoms with Crippen molar-refractivity contribution in [1.82, 2.24) is 24.5 Å². The fourth-order valence-electron chi connectivity index (χ4n) is 3.99. The van der Waals surface area contributed by atoms with Gasteiger partial charge in [0.05, 0.1) is 11.4 Å². The Hall–Kier alpha value is -2.65. The van der Waals surface area contributed by atoms with E-state index in [0.717, 1.165) is 54.5 Å². The summed E-state index contributed by atoms with van der Waals surface area (Å²) >= 11 is 1.49. The molecule has 1 saturated heterocycles. The molecule has 0 saturated carbocycles. The Labute approximate surface area is 187 Å². The maximum atomic E-state index is 12.8. The summed E-state index contributed by atoms with van der Waals surface area (Å²) in [5, 5.41) is 8.32. The Balaban J connectivity index is 1.46. The second-order valence-corrected chi connectivity index (χ2v) is 8.70. The van der Waals surface area contributed by atoms with E-state index < -0.39 is 0 Å². The summed E-state index contributed by atoms with van der Waals surface area (Å²) in [5.74, 6) is 0.609. The fourth-order valence-corrected chi connectivity index (χ4v) is 4.33. The first-order chi connectivity index (χ1) is 15.0. The Morgan fingerprint density at radius 1 is 1.13 bits per heavy atom. The third-order valence-corrected chi connectivity index (χ3v) is 6.37. The lowest BCUT2D eigenvalue weighted by atomic mass is 10.1. The SMILES string of the molecule is CSc1nc2nc(C)c(CCC(=O)Nc3ccccc3N3CCN(C)CC3)c(C)n2n1. The minimum Gasteiger partial charge on any atom is -0.367 e. The van der Waals surface area contributed by atoms with Crippen LogP contribution in [0.3, 0.4) is 0 Å². The molecule has 0 bridgehead atoms. The number of carbonyl (C=O) groups excluding carboxylic acids is 1. The molecular formula is C22H29N7OS. The van der Waals surface area contributed by atoms with Crippen molar-refractivity contribution in [2.45, 2.75) is 31.8 Å². The summed E-state index contributed by atoms with van der Waals surface area (Å²) in [7, 11) is 2.14. The first-order valence-corrected chi connectivity index (χ1v) is 11.8. The molecule has 1 aromatic carbocycles. The lowest BCUT2D eigenvalue weighted by Crippen LogP contribution is -2.44. The van der Waals surface area contributed by atoms with Crippen LogP contribution in [-0.4, -0.2) is 69.9 Å². The Bertz CT molecular complexity index is 1090. The van der Waals surface area contributed by atoms with Crippen molar-refractivity contribution < 1.29 is 4.79 Å². The molecule has 164 valence electrons. The highest BCUT2D eigenvalue weighted by Gasteiger charge is 2.18. The van der Waals surface area contributed by atoms with Crippen molar-refractivity contribution in [3.05, 3.63) is 41.2 Å². The summed E-state index contributed by atoms with van der Waals surface area (Å²) in [6, 6.07) is 8.06. The first-order valence-electron chi connectivity index (χ1n) is 10.6. The monoisotopic (exact) mass is 439 g/mol. The third-order valence-electron chi connectivity index (χ3n) is 5.84. The standard InChI is InChI=1S/C22H29N7OS/c1-15-17(16(2)29-21(23-15)25-22(26-29)31-4)9-10-20(30)24-18-7-5-6-8-19(18)28-13-11-27(3)12-14-28/h5-8H,9-14H2,1-4H3,(H,24,30). The highest BCUT2D eigenvalue weighted by molar-refractivity contribution is 7.98. The average Bonchev–Trinajstić information content (AvgIpc) is 3.18. The molecule has 1 amide bonds. The van der Waals surface area contributed by atoms with Gasteiger partial charge in [-0.15, -0.1) is 5.10 Å². The van der Waals surface area contributed by atoms with Gasteiger partial charge in [0.25, 0.3) is 5.78 Å². The van der Waals surface area contributed by atoms with E-state index in [-0.39, 0.29) is 5.91 Å². The quantitative estimate of drug-likeness (QED) is 0.592. The number of piperazine rings is 1. The zero-order chi connectivity index (χ0) is 22.0. The van der Waals surface area contributed by atoms with Gasteiger partial charge in [0.15, 0.2) is 0 Å². The van der Waals surface area contributed by atoms with Gasteiger partial charge in [-0.05, 0) is 51.3 Å². The van der Waals surface area contributed by atoms with Crippen LogP contribution in [0.4, 0.5) is 11.4 Å². The molecule has 3 heterocycles. The van der Waals surface area contributed by atoms with Gasteiger partial charge in [-0.2, -0.15) is 4.98 Å². The van der Waals surface area contributed by atoms with E-state index in [2.05, 4.69) is 43.3 Å². The molecule has 0 spiro atoms. The van der Waals surface area contributed by atoms with Crippen molar-refractivity contribution in [2.24, 2.45) is 0 Å². The summed E-state index contributed by atoms with van der Waals surface area (Å²) in [4.78, 5) is 26.5. The van der Waals surface area contributed by atoms with E-state index in [4.69, 9.17) is 0 Å². The normalized spacial score (nSPS) is 14.9. The van der Waals surface area contributed by atoms with E-state index in [1.807, 2.05) is 38.3 Å². The fraction of sp³-hybridized carbons (Fsp3) is 0.455. The molecule has 0 atom stereocenters. The maximum Gasteiger partial charge on any atom is 0.253 e. The van der Waals surface area contributed by atoms with Gasteiger partial charge in [-0.25, -0.2) is 9.50 Å². The summed E-state index contributed by atoms with van der Waals surface area (Å²) in [6.07, 6.45) is 2.94. The number of benzene rings is 1.